The molecule has 0 aliphatic carbocycles. The summed E-state index contributed by atoms with van der Waals surface area (Å²) in [4.78, 5) is 14.0. The second-order valence-corrected chi connectivity index (χ2v) is 11.0. The normalized spacial score (nSPS) is 16.9. The number of nitrogen functional groups attached to an aromatic ring is 1. The molecule has 9 nitrogen and oxygen atoms in total. The lowest BCUT2D eigenvalue weighted by atomic mass is 10.1. The monoisotopic (exact) mass is 473 g/mol. The number of hydrogen-bond donors (Lipinski definition) is 2. The van der Waals surface area contributed by atoms with Crippen LogP contribution in [0.3, 0.4) is 0 Å². The zero-order chi connectivity index (χ0) is 22.6. The number of nitrogens with zero attached hydrogens (tertiary/aromatic N) is 3. The first-order chi connectivity index (χ1) is 15.3. The van der Waals surface area contributed by atoms with Crippen LogP contribution in [-0.2, 0) is 16.4 Å². The van der Waals surface area contributed by atoms with Gasteiger partial charge in [-0.05, 0) is 43.9 Å². The lowest BCUT2D eigenvalue weighted by molar-refractivity contribution is 0.0900. The Morgan fingerprint density at radius 1 is 1.28 bits per heavy atom. The summed E-state index contributed by atoms with van der Waals surface area (Å²) < 4.78 is 33.3. The number of ether oxygens (including phenoxy) is 1. The molecule has 2 aromatic heterocycles. The molecule has 11 heteroatoms. The predicted molar refractivity (Wildman–Crippen MR) is 122 cm³/mol. The molecule has 1 fully saturated rings. The Hall–Kier alpha value is -2.76. The van der Waals surface area contributed by atoms with Crippen LogP contribution in [0, 0.1) is 13.8 Å². The van der Waals surface area contributed by atoms with Gasteiger partial charge in [0.1, 0.15) is 20.4 Å². The molecule has 4 heterocycles. The largest absolute Gasteiger partial charge is 0.492 e. The molecule has 1 saturated heterocycles. The van der Waals surface area contributed by atoms with Crippen LogP contribution >= 0.6 is 11.3 Å². The standard InChI is InChI=1S/C21H23N5O4S2/c1-11-12(2)24-25-21-16(11)17(22)19(31-21)20(27)23-14-9-26(10-14)32(28,29)15-7-3-5-13-6-4-8-30-18(13)15/h3,5,7,14H,4,6,8-10,22H2,1-2H3,(H,23,27). The van der Waals surface area contributed by atoms with Crippen molar-refractivity contribution in [2.24, 2.45) is 0 Å². The van der Waals surface area contributed by atoms with Gasteiger partial charge in [0.25, 0.3) is 5.91 Å². The lowest BCUT2D eigenvalue weighted by Crippen LogP contribution is -2.60. The van der Waals surface area contributed by atoms with Gasteiger partial charge in [0.15, 0.2) is 0 Å². The number of amides is 1. The number of para-hydroxylation sites is 1. The minimum absolute atomic E-state index is 0.192. The van der Waals surface area contributed by atoms with E-state index in [1.807, 2.05) is 19.9 Å². The Morgan fingerprint density at radius 2 is 2.06 bits per heavy atom. The molecule has 0 radical (unpaired) electrons. The maximum atomic E-state index is 13.1. The molecule has 0 unspecified atom stereocenters. The quantitative estimate of drug-likeness (QED) is 0.593. The molecular formula is C21H23N5O4S2. The van der Waals surface area contributed by atoms with Crippen molar-refractivity contribution in [3.8, 4) is 5.75 Å². The van der Waals surface area contributed by atoms with E-state index in [1.54, 1.807) is 12.1 Å². The van der Waals surface area contributed by atoms with E-state index in [9.17, 15) is 13.2 Å². The number of carbonyl (C=O) groups excluding carboxylic acids is 1. The summed E-state index contributed by atoms with van der Waals surface area (Å²) in [5.74, 6) is 0.126. The number of carbonyl (C=O) groups is 1. The van der Waals surface area contributed by atoms with Crippen molar-refractivity contribution in [3.05, 3.63) is 39.9 Å². The number of aromatic nitrogens is 2. The van der Waals surface area contributed by atoms with Gasteiger partial charge in [-0.15, -0.1) is 16.4 Å². The van der Waals surface area contributed by atoms with E-state index >= 15 is 0 Å². The molecule has 0 saturated carbocycles. The molecule has 168 valence electrons. The second kappa shape index (κ2) is 7.68. The number of rotatable bonds is 4. The van der Waals surface area contributed by atoms with Crippen molar-refractivity contribution in [3.63, 3.8) is 0 Å². The van der Waals surface area contributed by atoms with Crippen LogP contribution in [0.15, 0.2) is 23.1 Å². The van der Waals surface area contributed by atoms with Crippen LogP contribution in [0.4, 0.5) is 5.69 Å². The van der Waals surface area contributed by atoms with Gasteiger partial charge < -0.3 is 15.8 Å². The third-order valence-corrected chi connectivity index (χ3v) is 8.98. The lowest BCUT2D eigenvalue weighted by Gasteiger charge is -2.38. The highest BCUT2D eigenvalue weighted by Gasteiger charge is 2.40. The summed E-state index contributed by atoms with van der Waals surface area (Å²) in [5.41, 5.74) is 9.21. The Bertz CT molecular complexity index is 1350. The van der Waals surface area contributed by atoms with Crippen LogP contribution in [0.2, 0.25) is 0 Å². The Kier molecular flexibility index (Phi) is 5.06. The molecule has 32 heavy (non-hydrogen) atoms. The zero-order valence-electron chi connectivity index (χ0n) is 17.7. The van der Waals surface area contributed by atoms with Gasteiger partial charge >= 0.3 is 0 Å². The minimum Gasteiger partial charge on any atom is -0.492 e. The van der Waals surface area contributed by atoms with Crippen molar-refractivity contribution in [2.75, 3.05) is 25.4 Å². The van der Waals surface area contributed by atoms with Crippen LogP contribution in [0.5, 0.6) is 5.75 Å². The van der Waals surface area contributed by atoms with E-state index in [-0.39, 0.29) is 29.9 Å². The summed E-state index contributed by atoms with van der Waals surface area (Å²) in [5, 5.41) is 11.9. The Labute approximate surface area is 189 Å². The number of anilines is 1. The van der Waals surface area contributed by atoms with Gasteiger partial charge in [0.05, 0.1) is 24.0 Å². The number of hydrogen-bond acceptors (Lipinski definition) is 8. The summed E-state index contributed by atoms with van der Waals surface area (Å²) >= 11 is 1.19. The highest BCUT2D eigenvalue weighted by molar-refractivity contribution is 7.89. The molecule has 1 amide bonds. The molecule has 2 aliphatic heterocycles. The molecule has 3 aromatic rings. The fraction of sp³-hybridized carbons (Fsp3) is 0.381. The highest BCUT2D eigenvalue weighted by Crippen LogP contribution is 2.36. The van der Waals surface area contributed by atoms with Crippen LogP contribution < -0.4 is 15.8 Å². The first-order valence-electron chi connectivity index (χ1n) is 10.3. The second-order valence-electron chi connectivity index (χ2n) is 8.12. The van der Waals surface area contributed by atoms with Crippen molar-refractivity contribution >= 4 is 43.2 Å². The summed E-state index contributed by atoms with van der Waals surface area (Å²) in [6.07, 6.45) is 1.68. The number of nitrogens with two attached hydrogens (primary N) is 1. The first-order valence-corrected chi connectivity index (χ1v) is 12.6. The van der Waals surface area contributed by atoms with Crippen molar-refractivity contribution in [1.29, 1.82) is 0 Å². The van der Waals surface area contributed by atoms with E-state index in [0.717, 1.165) is 35.0 Å². The van der Waals surface area contributed by atoms with Gasteiger partial charge in [-0.3, -0.25) is 4.79 Å². The molecule has 0 bridgehead atoms. The van der Waals surface area contributed by atoms with Gasteiger partial charge in [-0.1, -0.05) is 12.1 Å². The van der Waals surface area contributed by atoms with E-state index in [4.69, 9.17) is 10.5 Å². The topological polar surface area (TPSA) is 128 Å². The number of nitrogens with one attached hydrogen (secondary N) is 1. The first kappa shape index (κ1) is 21.1. The molecule has 3 N–H and O–H groups in total. The molecule has 0 atom stereocenters. The average molecular weight is 474 g/mol. The third-order valence-electron chi connectivity index (χ3n) is 6.04. The number of fused-ring (bicyclic) bond motifs is 2. The predicted octanol–water partition coefficient (Wildman–Crippen LogP) is 2.02. The maximum absolute atomic E-state index is 13.1. The summed E-state index contributed by atoms with van der Waals surface area (Å²) in [6, 6.07) is 4.93. The Morgan fingerprint density at radius 3 is 2.84 bits per heavy atom. The summed E-state index contributed by atoms with van der Waals surface area (Å²) in [7, 11) is -3.70. The number of thiophene rings is 1. The fourth-order valence-corrected chi connectivity index (χ4v) is 6.80. The fourth-order valence-electron chi connectivity index (χ4n) is 4.09. The molecule has 0 spiro atoms. The zero-order valence-corrected chi connectivity index (χ0v) is 19.3. The van der Waals surface area contributed by atoms with E-state index in [1.165, 1.54) is 15.6 Å². The molecule has 1 aromatic carbocycles. The van der Waals surface area contributed by atoms with Gasteiger partial charge in [-0.2, -0.15) is 9.40 Å². The Balaban J connectivity index is 1.31. The molecular weight excluding hydrogens is 450 g/mol. The van der Waals surface area contributed by atoms with E-state index in [2.05, 4.69) is 15.5 Å². The molecule has 5 rings (SSSR count). The van der Waals surface area contributed by atoms with Crippen LogP contribution in [-0.4, -0.2) is 54.6 Å². The van der Waals surface area contributed by atoms with Crippen molar-refractivity contribution in [1.82, 2.24) is 19.8 Å². The van der Waals surface area contributed by atoms with Crippen molar-refractivity contribution in [2.45, 2.75) is 37.6 Å². The van der Waals surface area contributed by atoms with Gasteiger partial charge in [-0.25, -0.2) is 8.42 Å². The highest BCUT2D eigenvalue weighted by atomic mass is 32.2. The SMILES string of the molecule is Cc1nnc2sc(C(=O)NC3CN(S(=O)(=O)c4cccc5c4OCCC5)C3)c(N)c2c1C. The summed E-state index contributed by atoms with van der Waals surface area (Å²) in [6.45, 7) is 4.65. The van der Waals surface area contributed by atoms with Crippen molar-refractivity contribution < 1.29 is 17.9 Å². The van der Waals surface area contributed by atoms with Gasteiger partial charge in [0.2, 0.25) is 10.0 Å². The average Bonchev–Trinajstić information content (AvgIpc) is 3.09. The van der Waals surface area contributed by atoms with Crippen LogP contribution in [0.25, 0.3) is 10.2 Å². The maximum Gasteiger partial charge on any atom is 0.263 e. The number of sulfonamides is 1. The smallest absolute Gasteiger partial charge is 0.263 e. The minimum atomic E-state index is -3.70. The number of benzene rings is 1. The van der Waals surface area contributed by atoms with E-state index in [0.29, 0.717) is 27.8 Å². The molecule has 2 aliphatic rings. The van der Waals surface area contributed by atoms with Crippen LogP contribution in [0.1, 0.15) is 32.9 Å². The third kappa shape index (κ3) is 3.31. The van der Waals surface area contributed by atoms with Gasteiger partial charge in [0, 0.05) is 18.5 Å². The van der Waals surface area contributed by atoms with E-state index < -0.39 is 10.0 Å². The number of aryl methyl sites for hydroxylation is 3.